The van der Waals surface area contributed by atoms with Crippen molar-refractivity contribution >= 4 is 60.6 Å². The molecule has 132 valence electrons. The van der Waals surface area contributed by atoms with Crippen LogP contribution in [0.5, 0.6) is 5.75 Å². The molecule has 26 heavy (non-hydrogen) atoms. The van der Waals surface area contributed by atoms with Crippen LogP contribution < -0.4 is 4.18 Å². The van der Waals surface area contributed by atoms with Crippen LogP contribution in [0.2, 0.25) is 0 Å². The number of hydrogen-bond donors (Lipinski definition) is 1. The fraction of sp³-hybridized carbons (Fsp3) is 0.0588. The van der Waals surface area contributed by atoms with E-state index < -0.39 is 20.2 Å². The van der Waals surface area contributed by atoms with E-state index in [1.165, 1.54) is 48.5 Å². The Kier molecular flexibility index (Phi) is 6.17. The van der Waals surface area contributed by atoms with Crippen molar-refractivity contribution in [3.05, 3.63) is 66.2 Å². The molecular formula is C17H15NaO6S2. The van der Waals surface area contributed by atoms with Crippen LogP contribution >= 0.6 is 0 Å². The van der Waals surface area contributed by atoms with Crippen LogP contribution in [0.25, 0.3) is 10.8 Å². The van der Waals surface area contributed by atoms with Gasteiger partial charge in [-0.3, -0.25) is 4.55 Å². The Hall–Kier alpha value is -1.42. The van der Waals surface area contributed by atoms with Crippen molar-refractivity contribution in [1.29, 1.82) is 0 Å². The van der Waals surface area contributed by atoms with Crippen LogP contribution in [-0.2, 0) is 20.2 Å². The minimum atomic E-state index is -4.30. The standard InChI is InChI=1S/C17H14O6S2.Na.H/c1-12-2-7-16(8-3-12)25(21,22)23-15-6-4-14-11-17(24(18,19)20)9-5-13(14)10-15;;/h2-11H,1H3,(H,18,19,20);;. The summed E-state index contributed by atoms with van der Waals surface area (Å²) < 4.78 is 61.1. The molecular weight excluding hydrogens is 387 g/mol. The molecule has 0 spiro atoms. The zero-order chi connectivity index (χ0) is 18.2. The van der Waals surface area contributed by atoms with Crippen LogP contribution in [-0.4, -0.2) is 50.9 Å². The molecule has 9 heteroatoms. The van der Waals surface area contributed by atoms with E-state index in [2.05, 4.69) is 0 Å². The average molecular weight is 402 g/mol. The van der Waals surface area contributed by atoms with Crippen LogP contribution in [0.4, 0.5) is 0 Å². The zero-order valence-corrected chi connectivity index (χ0v) is 14.7. The van der Waals surface area contributed by atoms with E-state index in [1.807, 2.05) is 6.92 Å². The normalized spacial score (nSPS) is 11.8. The van der Waals surface area contributed by atoms with Gasteiger partial charge in [-0.25, -0.2) is 0 Å². The molecule has 1 N–H and O–H groups in total. The Morgan fingerprint density at radius 2 is 1.31 bits per heavy atom. The van der Waals surface area contributed by atoms with Crippen molar-refractivity contribution in [2.75, 3.05) is 0 Å². The van der Waals surface area contributed by atoms with E-state index >= 15 is 0 Å². The van der Waals surface area contributed by atoms with Crippen molar-refractivity contribution in [2.24, 2.45) is 0 Å². The summed E-state index contributed by atoms with van der Waals surface area (Å²) in [5.41, 5.74) is 0.930. The Morgan fingerprint density at radius 3 is 1.92 bits per heavy atom. The summed E-state index contributed by atoms with van der Waals surface area (Å²) in [6, 6.07) is 14.7. The van der Waals surface area contributed by atoms with Gasteiger partial charge in [0.15, 0.2) is 0 Å². The van der Waals surface area contributed by atoms with E-state index in [4.69, 9.17) is 8.74 Å². The molecule has 0 saturated carbocycles. The minimum absolute atomic E-state index is 0. The summed E-state index contributed by atoms with van der Waals surface area (Å²) in [7, 11) is -8.27. The molecule has 3 aromatic rings. The van der Waals surface area contributed by atoms with E-state index in [0.717, 1.165) is 5.56 Å². The van der Waals surface area contributed by atoms with Gasteiger partial charge in [-0.1, -0.05) is 29.8 Å². The summed E-state index contributed by atoms with van der Waals surface area (Å²) in [5, 5.41) is 1.10. The summed E-state index contributed by atoms with van der Waals surface area (Å²) in [5.74, 6) is 0.104. The van der Waals surface area contributed by atoms with Gasteiger partial charge < -0.3 is 4.18 Å². The third kappa shape index (κ3) is 4.64. The molecule has 0 amide bonds. The van der Waals surface area contributed by atoms with Gasteiger partial charge in [0.2, 0.25) is 0 Å². The molecule has 0 saturated heterocycles. The molecule has 0 aliphatic heterocycles. The number of hydrogen-bond acceptors (Lipinski definition) is 5. The fourth-order valence-electron chi connectivity index (χ4n) is 2.29. The summed E-state index contributed by atoms with van der Waals surface area (Å²) in [6.45, 7) is 1.85. The van der Waals surface area contributed by atoms with Crippen molar-refractivity contribution < 1.29 is 25.6 Å². The number of fused-ring (bicyclic) bond motifs is 1. The molecule has 3 aromatic carbocycles. The maximum atomic E-state index is 12.3. The van der Waals surface area contributed by atoms with Crippen LogP contribution in [0, 0.1) is 6.92 Å². The number of benzene rings is 3. The van der Waals surface area contributed by atoms with E-state index in [-0.39, 0.29) is 45.1 Å². The van der Waals surface area contributed by atoms with E-state index in [9.17, 15) is 16.8 Å². The first-order chi connectivity index (χ1) is 11.6. The van der Waals surface area contributed by atoms with E-state index in [0.29, 0.717) is 10.8 Å². The SMILES string of the molecule is Cc1ccc(S(=O)(=O)Oc2ccc3cc(S(=O)(=O)O)ccc3c2)cc1.[NaH]. The van der Waals surface area contributed by atoms with Gasteiger partial charge in [0.1, 0.15) is 10.6 Å². The number of rotatable bonds is 4. The predicted molar refractivity (Wildman–Crippen MR) is 99.9 cm³/mol. The first kappa shape index (κ1) is 20.9. The molecule has 0 aromatic heterocycles. The van der Waals surface area contributed by atoms with Gasteiger partial charge in [0.25, 0.3) is 10.1 Å². The third-order valence-electron chi connectivity index (χ3n) is 3.60. The Bertz CT molecular complexity index is 1150. The summed E-state index contributed by atoms with van der Waals surface area (Å²) in [4.78, 5) is -0.194. The second-order valence-corrected chi connectivity index (χ2v) is 8.46. The zero-order valence-electron chi connectivity index (χ0n) is 13.1. The molecule has 0 aliphatic rings. The Labute approximate surface area is 174 Å². The molecule has 0 heterocycles. The van der Waals surface area contributed by atoms with Crippen LogP contribution in [0.3, 0.4) is 0 Å². The van der Waals surface area contributed by atoms with Gasteiger partial charge in [-0.2, -0.15) is 16.8 Å². The van der Waals surface area contributed by atoms with Gasteiger partial charge >= 0.3 is 39.7 Å². The van der Waals surface area contributed by atoms with Gasteiger partial charge in [-0.15, -0.1) is 0 Å². The third-order valence-corrected chi connectivity index (χ3v) is 5.71. The Balaban J connectivity index is 0.00000243. The second-order valence-electron chi connectivity index (χ2n) is 5.50. The molecule has 0 unspecified atom stereocenters. The first-order valence-corrected chi connectivity index (χ1v) is 10.0. The van der Waals surface area contributed by atoms with Crippen molar-refractivity contribution in [2.45, 2.75) is 16.7 Å². The van der Waals surface area contributed by atoms with Crippen molar-refractivity contribution in [3.8, 4) is 5.75 Å². The summed E-state index contributed by atoms with van der Waals surface area (Å²) in [6.07, 6.45) is 0. The quantitative estimate of drug-likeness (QED) is 0.409. The Morgan fingerprint density at radius 1 is 0.769 bits per heavy atom. The molecule has 0 fully saturated rings. The molecule has 3 rings (SSSR count). The maximum absolute atomic E-state index is 12.3. The molecule has 0 atom stereocenters. The number of aryl methyl sites for hydroxylation is 1. The molecule has 6 nitrogen and oxygen atoms in total. The van der Waals surface area contributed by atoms with Gasteiger partial charge in [0.05, 0.1) is 4.90 Å². The fourth-order valence-corrected chi connectivity index (χ4v) is 3.73. The molecule has 0 aliphatic carbocycles. The molecule has 0 bridgehead atoms. The second kappa shape index (κ2) is 7.67. The van der Waals surface area contributed by atoms with Crippen molar-refractivity contribution in [3.63, 3.8) is 0 Å². The van der Waals surface area contributed by atoms with Gasteiger partial charge in [0, 0.05) is 0 Å². The molecule has 0 radical (unpaired) electrons. The van der Waals surface area contributed by atoms with Crippen LogP contribution in [0.1, 0.15) is 5.56 Å². The summed E-state index contributed by atoms with van der Waals surface area (Å²) >= 11 is 0. The average Bonchev–Trinajstić information content (AvgIpc) is 2.53. The van der Waals surface area contributed by atoms with E-state index in [1.54, 1.807) is 12.1 Å². The first-order valence-electron chi connectivity index (χ1n) is 7.18. The van der Waals surface area contributed by atoms with Crippen molar-refractivity contribution in [1.82, 2.24) is 0 Å². The van der Waals surface area contributed by atoms with Gasteiger partial charge in [-0.05, 0) is 54.1 Å². The predicted octanol–water partition coefficient (Wildman–Crippen LogP) is 2.51. The van der Waals surface area contributed by atoms with Crippen LogP contribution in [0.15, 0.2) is 70.5 Å². The monoisotopic (exact) mass is 402 g/mol. The topological polar surface area (TPSA) is 97.7 Å².